The first-order valence-electron chi connectivity index (χ1n) is 9.22. The molecule has 1 aromatic carbocycles. The van der Waals surface area contributed by atoms with Crippen LogP contribution in [-0.4, -0.2) is 49.8 Å². The van der Waals surface area contributed by atoms with Crippen molar-refractivity contribution in [2.24, 2.45) is 11.3 Å². The summed E-state index contributed by atoms with van der Waals surface area (Å²) >= 11 is 0. The lowest BCUT2D eigenvalue weighted by Gasteiger charge is -2.51. The molecule has 6 nitrogen and oxygen atoms in total. The Labute approximate surface area is 148 Å². The molecule has 6 heteroatoms. The van der Waals surface area contributed by atoms with Gasteiger partial charge in [0.05, 0.1) is 0 Å². The van der Waals surface area contributed by atoms with Gasteiger partial charge >= 0.3 is 6.03 Å². The summed E-state index contributed by atoms with van der Waals surface area (Å²) in [6.07, 6.45) is 2.13. The summed E-state index contributed by atoms with van der Waals surface area (Å²) in [5, 5.41) is 6.56. The summed E-state index contributed by atoms with van der Waals surface area (Å²) in [5.41, 5.74) is 1.14. The molecule has 1 atom stereocenters. The Morgan fingerprint density at radius 1 is 1.20 bits per heavy atom. The van der Waals surface area contributed by atoms with E-state index in [4.69, 9.17) is 9.47 Å². The number of ether oxygens (including phenoxy) is 2. The molecule has 3 aliphatic heterocycles. The van der Waals surface area contributed by atoms with Gasteiger partial charge in [0.2, 0.25) is 0 Å². The lowest BCUT2D eigenvalue weighted by molar-refractivity contribution is 0.0469. The van der Waals surface area contributed by atoms with Gasteiger partial charge in [-0.25, -0.2) is 4.79 Å². The molecule has 2 saturated heterocycles. The molecule has 0 aliphatic carbocycles. The quantitative estimate of drug-likeness (QED) is 0.865. The Morgan fingerprint density at radius 2 is 1.92 bits per heavy atom. The minimum absolute atomic E-state index is 0.0315. The molecule has 0 saturated carbocycles. The van der Waals surface area contributed by atoms with Crippen LogP contribution in [0.4, 0.5) is 10.5 Å². The highest BCUT2D eigenvalue weighted by molar-refractivity contribution is 5.89. The summed E-state index contributed by atoms with van der Waals surface area (Å²) in [4.78, 5) is 14.5. The molecular weight excluding hydrogens is 318 g/mol. The van der Waals surface area contributed by atoms with Crippen LogP contribution in [0, 0.1) is 11.3 Å². The van der Waals surface area contributed by atoms with Crippen molar-refractivity contribution >= 4 is 11.7 Å². The predicted octanol–water partition coefficient (Wildman–Crippen LogP) is 2.70. The number of piperidine rings is 1. The number of rotatable bonds is 2. The predicted molar refractivity (Wildman–Crippen MR) is 96.3 cm³/mol. The zero-order valence-corrected chi connectivity index (χ0v) is 15.0. The Balaban J connectivity index is 1.32. The number of nitrogens with one attached hydrogen (secondary N) is 2. The fraction of sp³-hybridized carbons (Fsp3) is 0.632. The summed E-state index contributed by atoms with van der Waals surface area (Å²) in [5.74, 6) is 2.10. The average molecular weight is 345 g/mol. The maximum absolute atomic E-state index is 12.6. The summed E-state index contributed by atoms with van der Waals surface area (Å²) < 4.78 is 11.1. The Morgan fingerprint density at radius 3 is 2.56 bits per heavy atom. The number of urea groups is 1. The van der Waals surface area contributed by atoms with E-state index in [1.807, 2.05) is 23.1 Å². The van der Waals surface area contributed by atoms with Crippen LogP contribution in [-0.2, 0) is 0 Å². The minimum Gasteiger partial charge on any atom is -0.486 e. The average Bonchev–Trinajstić information content (AvgIpc) is 2.61. The zero-order valence-electron chi connectivity index (χ0n) is 15.0. The first-order valence-corrected chi connectivity index (χ1v) is 9.22. The normalized spacial score (nSPS) is 25.2. The summed E-state index contributed by atoms with van der Waals surface area (Å²) in [6.45, 7) is 8.50. The number of likely N-dealkylation sites (tertiary alicyclic amines) is 1. The van der Waals surface area contributed by atoms with Crippen LogP contribution < -0.4 is 20.1 Å². The van der Waals surface area contributed by atoms with Crippen LogP contribution >= 0.6 is 0 Å². The number of benzene rings is 1. The van der Waals surface area contributed by atoms with Crippen LogP contribution in [0.3, 0.4) is 0 Å². The number of anilines is 1. The van der Waals surface area contributed by atoms with Gasteiger partial charge < -0.3 is 25.0 Å². The molecule has 0 bridgehead atoms. The van der Waals surface area contributed by atoms with Crippen molar-refractivity contribution in [1.29, 1.82) is 0 Å². The van der Waals surface area contributed by atoms with E-state index in [9.17, 15) is 4.79 Å². The number of carbonyl (C=O) groups is 1. The van der Waals surface area contributed by atoms with E-state index in [2.05, 4.69) is 24.5 Å². The van der Waals surface area contributed by atoms with Gasteiger partial charge in [-0.05, 0) is 36.3 Å². The first-order chi connectivity index (χ1) is 12.0. The number of nitrogens with zero attached hydrogens (tertiary/aromatic N) is 1. The first kappa shape index (κ1) is 16.5. The topological polar surface area (TPSA) is 62.8 Å². The van der Waals surface area contributed by atoms with Crippen molar-refractivity contribution in [1.82, 2.24) is 10.2 Å². The fourth-order valence-corrected chi connectivity index (χ4v) is 4.19. The molecular formula is C19H27N3O3. The van der Waals surface area contributed by atoms with Crippen LogP contribution in [0.25, 0.3) is 0 Å². The second-order valence-electron chi connectivity index (χ2n) is 7.96. The van der Waals surface area contributed by atoms with Gasteiger partial charge in [0.1, 0.15) is 13.2 Å². The molecule has 0 spiro atoms. The number of amides is 2. The third-order valence-corrected chi connectivity index (χ3v) is 5.71. The van der Waals surface area contributed by atoms with Gasteiger partial charge in [-0.15, -0.1) is 0 Å². The Kier molecular flexibility index (Phi) is 4.23. The van der Waals surface area contributed by atoms with Gasteiger partial charge in [-0.3, -0.25) is 0 Å². The molecule has 3 aliphatic rings. The third kappa shape index (κ3) is 3.27. The summed E-state index contributed by atoms with van der Waals surface area (Å²) in [7, 11) is 0. The highest BCUT2D eigenvalue weighted by Crippen LogP contribution is 2.37. The van der Waals surface area contributed by atoms with Gasteiger partial charge in [0.25, 0.3) is 0 Å². The van der Waals surface area contributed by atoms with Gasteiger partial charge in [-0.2, -0.15) is 0 Å². The smallest absolute Gasteiger partial charge is 0.321 e. The number of hydrogen-bond donors (Lipinski definition) is 2. The molecule has 25 heavy (non-hydrogen) atoms. The molecule has 1 aromatic rings. The molecule has 0 aromatic heterocycles. The van der Waals surface area contributed by atoms with Gasteiger partial charge in [0.15, 0.2) is 11.5 Å². The molecule has 1 unspecified atom stereocenters. The highest BCUT2D eigenvalue weighted by Gasteiger charge is 2.43. The molecule has 4 rings (SSSR count). The van der Waals surface area contributed by atoms with Crippen molar-refractivity contribution in [3.8, 4) is 11.5 Å². The van der Waals surface area contributed by atoms with Crippen molar-refractivity contribution < 1.29 is 14.3 Å². The molecule has 2 fully saturated rings. The lowest BCUT2D eigenvalue weighted by Crippen LogP contribution is -2.64. The molecule has 2 N–H and O–H groups in total. The van der Waals surface area contributed by atoms with Crippen molar-refractivity contribution in [3.05, 3.63) is 18.2 Å². The number of hydrogen-bond acceptors (Lipinski definition) is 4. The standard InChI is InChI=1S/C19H27N3O3/c1-19(2)12-20-17(19)13-5-7-22(8-6-13)18(23)21-14-3-4-15-16(11-14)25-10-9-24-15/h3-4,11,13,17,20H,5-10,12H2,1-2H3,(H,21,23). The van der Waals surface area contributed by atoms with Crippen molar-refractivity contribution in [2.75, 3.05) is 38.2 Å². The minimum atomic E-state index is -0.0315. The third-order valence-electron chi connectivity index (χ3n) is 5.71. The zero-order chi connectivity index (χ0) is 17.4. The van der Waals surface area contributed by atoms with Gasteiger partial charge in [-0.1, -0.05) is 13.8 Å². The number of carbonyl (C=O) groups excluding carboxylic acids is 1. The molecule has 0 radical (unpaired) electrons. The lowest BCUT2D eigenvalue weighted by atomic mass is 9.68. The Hall–Kier alpha value is -1.95. The second kappa shape index (κ2) is 6.41. The molecule has 2 amide bonds. The SMILES string of the molecule is CC1(C)CNC1C1CCN(C(=O)Nc2ccc3c(c2)OCCO3)CC1. The largest absolute Gasteiger partial charge is 0.486 e. The van der Waals surface area contributed by atoms with Crippen LogP contribution in [0.2, 0.25) is 0 Å². The van der Waals surface area contributed by atoms with E-state index >= 15 is 0 Å². The van der Waals surface area contributed by atoms with Crippen LogP contribution in [0.5, 0.6) is 11.5 Å². The second-order valence-corrected chi connectivity index (χ2v) is 7.96. The summed E-state index contributed by atoms with van der Waals surface area (Å²) in [6, 6.07) is 6.10. The number of fused-ring (bicyclic) bond motifs is 1. The monoisotopic (exact) mass is 345 g/mol. The van der Waals surface area contributed by atoms with E-state index < -0.39 is 0 Å². The van der Waals surface area contributed by atoms with Crippen molar-refractivity contribution in [2.45, 2.75) is 32.7 Å². The van der Waals surface area contributed by atoms with E-state index in [-0.39, 0.29) is 6.03 Å². The van der Waals surface area contributed by atoms with E-state index in [0.717, 1.165) is 43.9 Å². The van der Waals surface area contributed by atoms with E-state index in [0.29, 0.717) is 36.3 Å². The van der Waals surface area contributed by atoms with Crippen molar-refractivity contribution in [3.63, 3.8) is 0 Å². The maximum atomic E-state index is 12.6. The van der Waals surface area contributed by atoms with Crippen LogP contribution in [0.15, 0.2) is 18.2 Å². The highest BCUT2D eigenvalue weighted by atomic mass is 16.6. The van der Waals surface area contributed by atoms with E-state index in [1.165, 1.54) is 0 Å². The molecule has 136 valence electrons. The Bertz CT molecular complexity index is 653. The van der Waals surface area contributed by atoms with Crippen LogP contribution in [0.1, 0.15) is 26.7 Å². The van der Waals surface area contributed by atoms with E-state index in [1.54, 1.807) is 0 Å². The molecule has 3 heterocycles. The fourth-order valence-electron chi connectivity index (χ4n) is 4.19. The maximum Gasteiger partial charge on any atom is 0.321 e. The van der Waals surface area contributed by atoms with Gasteiger partial charge in [0, 0.05) is 37.4 Å².